The Bertz CT molecular complexity index is 458. The molecular formula is C24H50NO4P. The second-order valence-corrected chi connectivity index (χ2v) is 11.4. The van der Waals surface area contributed by atoms with Gasteiger partial charge in [0.1, 0.15) is 0 Å². The van der Waals surface area contributed by atoms with E-state index in [0.29, 0.717) is 5.92 Å². The largest absolute Gasteiger partial charge is 0.756 e. The molecule has 0 amide bonds. The van der Waals surface area contributed by atoms with Crippen LogP contribution >= 0.6 is 7.82 Å². The zero-order valence-electron chi connectivity index (χ0n) is 20.2. The molecule has 2 unspecified atom stereocenters. The molecule has 0 spiro atoms. The van der Waals surface area contributed by atoms with Gasteiger partial charge in [-0.1, -0.05) is 90.4 Å². The molecule has 0 saturated carbocycles. The number of hydrogen-bond donors (Lipinski definition) is 0. The number of phosphoric acid groups is 1. The van der Waals surface area contributed by atoms with Crippen molar-refractivity contribution in [3.8, 4) is 0 Å². The summed E-state index contributed by atoms with van der Waals surface area (Å²) in [6.45, 7) is 4.91. The number of unbranched alkanes of at least 4 members (excludes halogenated alkanes) is 13. The molecule has 0 aliphatic carbocycles. The molecule has 1 aliphatic rings. The third-order valence-corrected chi connectivity index (χ3v) is 7.31. The molecule has 0 radical (unpaired) electrons. The highest BCUT2D eigenvalue weighted by atomic mass is 31.2. The molecule has 6 heteroatoms. The van der Waals surface area contributed by atoms with Crippen LogP contribution in [0.3, 0.4) is 0 Å². The SMILES string of the molecule is CCCCCCCCCCCCCCCCOP(=O)([O-])OCC1CCC[N+](C)(C)C1. The fourth-order valence-electron chi connectivity index (χ4n) is 4.53. The first-order valence-electron chi connectivity index (χ1n) is 12.8. The van der Waals surface area contributed by atoms with Gasteiger partial charge in [0.2, 0.25) is 0 Å². The van der Waals surface area contributed by atoms with Crippen LogP contribution in [0.5, 0.6) is 0 Å². The molecule has 1 fully saturated rings. The van der Waals surface area contributed by atoms with Crippen LogP contribution in [0.15, 0.2) is 0 Å². The van der Waals surface area contributed by atoms with Crippen LogP contribution in [-0.2, 0) is 13.6 Å². The molecule has 0 aromatic heterocycles. The number of phosphoric ester groups is 1. The summed E-state index contributed by atoms with van der Waals surface area (Å²) in [7, 11) is 0.235. The summed E-state index contributed by atoms with van der Waals surface area (Å²) in [5.74, 6) is 0.306. The van der Waals surface area contributed by atoms with E-state index in [1.165, 1.54) is 77.0 Å². The van der Waals surface area contributed by atoms with Gasteiger partial charge < -0.3 is 18.4 Å². The van der Waals surface area contributed by atoms with Gasteiger partial charge in [0, 0.05) is 5.92 Å². The monoisotopic (exact) mass is 447 g/mol. The number of quaternary nitrogens is 1. The van der Waals surface area contributed by atoms with Crippen LogP contribution in [0.1, 0.15) is 110 Å². The fourth-order valence-corrected chi connectivity index (χ4v) is 5.35. The van der Waals surface area contributed by atoms with Crippen molar-refractivity contribution in [2.45, 2.75) is 110 Å². The maximum Gasteiger partial charge on any atom is 0.267 e. The Kier molecular flexibility index (Phi) is 15.6. The van der Waals surface area contributed by atoms with E-state index in [2.05, 4.69) is 21.0 Å². The highest BCUT2D eigenvalue weighted by Crippen LogP contribution is 2.39. The van der Waals surface area contributed by atoms with Crippen molar-refractivity contribution < 1.29 is 23.0 Å². The molecule has 1 aliphatic heterocycles. The van der Waals surface area contributed by atoms with Gasteiger partial charge in [-0.2, -0.15) is 0 Å². The van der Waals surface area contributed by atoms with Crippen molar-refractivity contribution >= 4 is 7.82 Å². The third kappa shape index (κ3) is 15.8. The van der Waals surface area contributed by atoms with Gasteiger partial charge in [0.15, 0.2) is 0 Å². The Balaban J connectivity index is 1.88. The number of hydrogen-bond acceptors (Lipinski definition) is 4. The highest BCUT2D eigenvalue weighted by molar-refractivity contribution is 7.45. The molecule has 0 aromatic carbocycles. The van der Waals surface area contributed by atoms with Crippen LogP contribution in [0.4, 0.5) is 0 Å². The molecule has 0 aromatic rings. The zero-order valence-corrected chi connectivity index (χ0v) is 21.1. The van der Waals surface area contributed by atoms with Crippen molar-refractivity contribution in [2.75, 3.05) is 40.4 Å². The molecule has 0 N–H and O–H groups in total. The van der Waals surface area contributed by atoms with Crippen LogP contribution in [-0.4, -0.2) is 44.9 Å². The maximum atomic E-state index is 11.9. The summed E-state index contributed by atoms with van der Waals surface area (Å²) in [5.41, 5.74) is 0. The normalized spacial score (nSPS) is 20.9. The maximum absolute atomic E-state index is 11.9. The third-order valence-electron chi connectivity index (χ3n) is 6.34. The minimum absolute atomic E-state index is 0.255. The van der Waals surface area contributed by atoms with Crippen molar-refractivity contribution in [1.29, 1.82) is 0 Å². The van der Waals surface area contributed by atoms with E-state index in [9.17, 15) is 9.46 Å². The topological polar surface area (TPSA) is 58.6 Å². The smallest absolute Gasteiger partial charge is 0.267 e. The van der Waals surface area contributed by atoms with Crippen LogP contribution < -0.4 is 4.89 Å². The Hall–Kier alpha value is 0.0700. The molecule has 0 bridgehead atoms. The lowest BCUT2D eigenvalue weighted by atomic mass is 9.98. The van der Waals surface area contributed by atoms with E-state index < -0.39 is 7.82 Å². The van der Waals surface area contributed by atoms with E-state index in [-0.39, 0.29) is 13.2 Å². The van der Waals surface area contributed by atoms with Gasteiger partial charge in [-0.3, -0.25) is 4.57 Å². The number of likely N-dealkylation sites (tertiary alicyclic amines) is 1. The first-order chi connectivity index (χ1) is 14.3. The Morgan fingerprint density at radius 2 is 1.33 bits per heavy atom. The van der Waals surface area contributed by atoms with E-state index in [1.807, 2.05) is 0 Å². The van der Waals surface area contributed by atoms with Crippen LogP contribution in [0, 0.1) is 5.92 Å². The lowest BCUT2D eigenvalue weighted by Gasteiger charge is -2.38. The van der Waals surface area contributed by atoms with Crippen LogP contribution in [0.2, 0.25) is 0 Å². The van der Waals surface area contributed by atoms with Gasteiger partial charge in [0.25, 0.3) is 7.82 Å². The molecule has 1 rings (SSSR count). The van der Waals surface area contributed by atoms with Crippen molar-refractivity contribution in [3.05, 3.63) is 0 Å². The zero-order chi connectivity index (χ0) is 22.1. The van der Waals surface area contributed by atoms with Crippen molar-refractivity contribution in [3.63, 3.8) is 0 Å². The van der Waals surface area contributed by atoms with Gasteiger partial charge in [0.05, 0.1) is 40.4 Å². The van der Waals surface area contributed by atoms with Crippen molar-refractivity contribution in [2.24, 2.45) is 5.92 Å². The summed E-state index contributed by atoms with van der Waals surface area (Å²) in [6, 6.07) is 0. The lowest BCUT2D eigenvalue weighted by Crippen LogP contribution is -2.48. The van der Waals surface area contributed by atoms with Gasteiger partial charge >= 0.3 is 0 Å². The standard InChI is InChI=1S/C24H50NO4P/c1-4-5-6-7-8-9-10-11-12-13-14-15-16-17-21-28-30(26,27)29-23-24-19-18-20-25(2,3)22-24/h24H,4-23H2,1-3H3. The summed E-state index contributed by atoms with van der Waals surface area (Å²) < 4.78 is 23.1. The Morgan fingerprint density at radius 3 is 1.83 bits per heavy atom. The van der Waals surface area contributed by atoms with E-state index >= 15 is 0 Å². The minimum Gasteiger partial charge on any atom is -0.756 e. The molecular weight excluding hydrogens is 397 g/mol. The summed E-state index contributed by atoms with van der Waals surface area (Å²) in [4.78, 5) is 11.9. The summed E-state index contributed by atoms with van der Waals surface area (Å²) >= 11 is 0. The van der Waals surface area contributed by atoms with Gasteiger partial charge in [-0.25, -0.2) is 0 Å². The number of piperidine rings is 1. The minimum atomic E-state index is -4.14. The van der Waals surface area contributed by atoms with Gasteiger partial charge in [-0.15, -0.1) is 0 Å². The molecule has 2 atom stereocenters. The quantitative estimate of drug-likeness (QED) is 0.130. The lowest BCUT2D eigenvalue weighted by molar-refractivity contribution is -0.898. The Labute approximate surface area is 187 Å². The van der Waals surface area contributed by atoms with Crippen LogP contribution in [0.25, 0.3) is 0 Å². The fraction of sp³-hybridized carbons (Fsp3) is 1.00. The second-order valence-electron chi connectivity index (χ2n) is 10.0. The van der Waals surface area contributed by atoms with E-state index in [0.717, 1.165) is 43.3 Å². The van der Waals surface area contributed by atoms with Gasteiger partial charge in [-0.05, 0) is 19.3 Å². The molecule has 180 valence electrons. The number of nitrogens with zero attached hydrogens (tertiary/aromatic N) is 1. The predicted molar refractivity (Wildman–Crippen MR) is 124 cm³/mol. The average Bonchev–Trinajstić information content (AvgIpc) is 2.69. The number of rotatable bonds is 19. The first kappa shape index (κ1) is 28.1. The highest BCUT2D eigenvalue weighted by Gasteiger charge is 2.28. The molecule has 5 nitrogen and oxygen atoms in total. The summed E-state index contributed by atoms with van der Waals surface area (Å²) in [6.07, 6.45) is 20.2. The molecule has 1 saturated heterocycles. The van der Waals surface area contributed by atoms with Crippen molar-refractivity contribution in [1.82, 2.24) is 0 Å². The second kappa shape index (κ2) is 16.7. The molecule has 30 heavy (non-hydrogen) atoms. The molecule has 1 heterocycles. The average molecular weight is 448 g/mol. The first-order valence-corrected chi connectivity index (χ1v) is 14.2. The van der Waals surface area contributed by atoms with E-state index in [1.54, 1.807) is 0 Å². The predicted octanol–water partition coefficient (Wildman–Crippen LogP) is 6.46. The Morgan fingerprint density at radius 1 is 0.833 bits per heavy atom. The summed E-state index contributed by atoms with van der Waals surface area (Å²) in [5, 5.41) is 0. The van der Waals surface area contributed by atoms with E-state index in [4.69, 9.17) is 9.05 Å².